The van der Waals surface area contributed by atoms with Gasteiger partial charge in [-0.2, -0.15) is 5.10 Å². The van der Waals surface area contributed by atoms with Gasteiger partial charge in [0.2, 0.25) is 0 Å². The van der Waals surface area contributed by atoms with Crippen LogP contribution < -0.4 is 5.32 Å². The third-order valence-electron chi connectivity index (χ3n) is 2.98. The topological polar surface area (TPSA) is 29.9 Å². The van der Waals surface area contributed by atoms with Gasteiger partial charge in [0.05, 0.1) is 12.7 Å². The van der Waals surface area contributed by atoms with E-state index in [9.17, 15) is 0 Å². The van der Waals surface area contributed by atoms with Gasteiger partial charge >= 0.3 is 0 Å². The highest BCUT2D eigenvalue weighted by molar-refractivity contribution is 5.15. The zero-order valence-electron chi connectivity index (χ0n) is 11.1. The zero-order chi connectivity index (χ0) is 12.8. The molecule has 0 amide bonds. The molecule has 1 aromatic carbocycles. The van der Waals surface area contributed by atoms with Crippen LogP contribution >= 0.6 is 0 Å². The number of nitrogens with one attached hydrogen (secondary N) is 1. The second-order valence-electron chi connectivity index (χ2n) is 4.83. The Morgan fingerprint density at radius 2 is 2.06 bits per heavy atom. The molecule has 2 rings (SSSR count). The van der Waals surface area contributed by atoms with E-state index < -0.39 is 0 Å². The number of nitrogens with zero attached hydrogens (tertiary/aromatic N) is 2. The molecule has 1 atom stereocenters. The minimum atomic E-state index is 0.490. The molecule has 1 heterocycles. The molecule has 0 saturated heterocycles. The lowest BCUT2D eigenvalue weighted by molar-refractivity contribution is 0.493. The standard InChI is InChI=1S/C15H21N3/c1-13-11-17-18(12-13)9-8-16-14(2)10-15-6-4-3-5-7-15/h3-7,11-12,14,16H,8-10H2,1-2H3. The van der Waals surface area contributed by atoms with Gasteiger partial charge in [-0.05, 0) is 31.4 Å². The molecule has 0 fully saturated rings. The van der Waals surface area contributed by atoms with E-state index in [2.05, 4.69) is 60.8 Å². The summed E-state index contributed by atoms with van der Waals surface area (Å²) in [5.41, 5.74) is 2.60. The molecule has 3 heteroatoms. The fourth-order valence-electron chi connectivity index (χ4n) is 2.05. The Kier molecular flexibility index (Phi) is 4.53. The van der Waals surface area contributed by atoms with Crippen molar-refractivity contribution in [3.05, 3.63) is 53.9 Å². The van der Waals surface area contributed by atoms with Crippen LogP contribution in [0.1, 0.15) is 18.1 Å². The molecule has 0 bridgehead atoms. The lowest BCUT2D eigenvalue weighted by Gasteiger charge is -2.13. The quantitative estimate of drug-likeness (QED) is 0.844. The molecule has 0 aliphatic rings. The summed E-state index contributed by atoms with van der Waals surface area (Å²) in [4.78, 5) is 0. The molecule has 0 aliphatic carbocycles. The summed E-state index contributed by atoms with van der Waals surface area (Å²) < 4.78 is 1.98. The first-order chi connectivity index (χ1) is 8.74. The average Bonchev–Trinajstić information content (AvgIpc) is 2.76. The van der Waals surface area contributed by atoms with Crippen LogP contribution in [0, 0.1) is 6.92 Å². The molecule has 0 spiro atoms. The average molecular weight is 243 g/mol. The van der Waals surface area contributed by atoms with Gasteiger partial charge in [0, 0.05) is 18.8 Å². The normalized spacial score (nSPS) is 12.6. The van der Waals surface area contributed by atoms with Crippen molar-refractivity contribution < 1.29 is 0 Å². The van der Waals surface area contributed by atoms with Gasteiger partial charge in [0.25, 0.3) is 0 Å². The highest BCUT2D eigenvalue weighted by Gasteiger charge is 2.02. The van der Waals surface area contributed by atoms with Gasteiger partial charge in [-0.15, -0.1) is 0 Å². The monoisotopic (exact) mass is 243 g/mol. The van der Waals surface area contributed by atoms with E-state index in [0.29, 0.717) is 6.04 Å². The molecule has 0 radical (unpaired) electrons. The number of benzene rings is 1. The summed E-state index contributed by atoms with van der Waals surface area (Å²) in [6, 6.07) is 11.1. The van der Waals surface area contributed by atoms with E-state index in [1.54, 1.807) is 0 Å². The Bertz CT molecular complexity index is 462. The molecular formula is C15H21N3. The lowest BCUT2D eigenvalue weighted by atomic mass is 10.1. The Labute approximate surface area is 109 Å². The van der Waals surface area contributed by atoms with Gasteiger partial charge in [0.1, 0.15) is 0 Å². The second kappa shape index (κ2) is 6.36. The Balaban J connectivity index is 1.70. The zero-order valence-corrected chi connectivity index (χ0v) is 11.1. The minimum absolute atomic E-state index is 0.490. The van der Waals surface area contributed by atoms with Gasteiger partial charge in [0.15, 0.2) is 0 Å². The molecular weight excluding hydrogens is 222 g/mol. The fraction of sp³-hybridized carbons (Fsp3) is 0.400. The van der Waals surface area contributed by atoms with Crippen LogP contribution in [0.25, 0.3) is 0 Å². The van der Waals surface area contributed by atoms with Crippen molar-refractivity contribution in [3.8, 4) is 0 Å². The first-order valence-electron chi connectivity index (χ1n) is 6.50. The maximum absolute atomic E-state index is 4.27. The molecule has 18 heavy (non-hydrogen) atoms. The number of hydrogen-bond acceptors (Lipinski definition) is 2. The van der Waals surface area contributed by atoms with Crippen molar-refractivity contribution in [3.63, 3.8) is 0 Å². The van der Waals surface area contributed by atoms with Crippen molar-refractivity contribution in [1.82, 2.24) is 15.1 Å². The molecule has 0 saturated carbocycles. The van der Waals surface area contributed by atoms with Crippen LogP contribution in [-0.4, -0.2) is 22.4 Å². The summed E-state index contributed by atoms with van der Waals surface area (Å²) in [6.07, 6.45) is 5.04. The van der Waals surface area contributed by atoms with Crippen LogP contribution in [0.15, 0.2) is 42.7 Å². The predicted octanol–water partition coefficient (Wildman–Crippen LogP) is 2.41. The fourth-order valence-corrected chi connectivity index (χ4v) is 2.05. The van der Waals surface area contributed by atoms with Crippen molar-refractivity contribution in [1.29, 1.82) is 0 Å². The maximum Gasteiger partial charge on any atom is 0.0534 e. The van der Waals surface area contributed by atoms with Crippen molar-refractivity contribution in [2.24, 2.45) is 0 Å². The molecule has 2 aromatic rings. The van der Waals surface area contributed by atoms with Crippen LogP contribution in [0.5, 0.6) is 0 Å². The van der Waals surface area contributed by atoms with Gasteiger partial charge in [-0.3, -0.25) is 4.68 Å². The van der Waals surface area contributed by atoms with Crippen molar-refractivity contribution >= 4 is 0 Å². The predicted molar refractivity (Wildman–Crippen MR) is 74.6 cm³/mol. The third-order valence-corrected chi connectivity index (χ3v) is 2.98. The van der Waals surface area contributed by atoms with Gasteiger partial charge in [-0.1, -0.05) is 30.3 Å². The van der Waals surface area contributed by atoms with Crippen LogP contribution in [-0.2, 0) is 13.0 Å². The van der Waals surface area contributed by atoms with E-state index in [-0.39, 0.29) is 0 Å². The smallest absolute Gasteiger partial charge is 0.0534 e. The second-order valence-corrected chi connectivity index (χ2v) is 4.83. The molecule has 0 aliphatic heterocycles. The molecule has 1 N–H and O–H groups in total. The van der Waals surface area contributed by atoms with E-state index >= 15 is 0 Å². The minimum Gasteiger partial charge on any atom is -0.312 e. The highest BCUT2D eigenvalue weighted by Crippen LogP contribution is 2.02. The molecule has 1 aromatic heterocycles. The maximum atomic E-state index is 4.27. The van der Waals surface area contributed by atoms with Crippen molar-refractivity contribution in [2.75, 3.05) is 6.54 Å². The van der Waals surface area contributed by atoms with Gasteiger partial charge in [-0.25, -0.2) is 0 Å². The Hall–Kier alpha value is -1.61. The third kappa shape index (κ3) is 4.00. The van der Waals surface area contributed by atoms with E-state index in [0.717, 1.165) is 19.5 Å². The number of aryl methyl sites for hydroxylation is 1. The van der Waals surface area contributed by atoms with E-state index in [4.69, 9.17) is 0 Å². The van der Waals surface area contributed by atoms with Gasteiger partial charge < -0.3 is 5.32 Å². The Morgan fingerprint density at radius 1 is 1.28 bits per heavy atom. The first-order valence-corrected chi connectivity index (χ1v) is 6.50. The summed E-state index contributed by atoms with van der Waals surface area (Å²) in [5.74, 6) is 0. The summed E-state index contributed by atoms with van der Waals surface area (Å²) in [5, 5.41) is 7.80. The van der Waals surface area contributed by atoms with Crippen LogP contribution in [0.2, 0.25) is 0 Å². The summed E-state index contributed by atoms with van der Waals surface area (Å²) >= 11 is 0. The van der Waals surface area contributed by atoms with Crippen LogP contribution in [0.4, 0.5) is 0 Å². The summed E-state index contributed by atoms with van der Waals surface area (Å²) in [6.45, 7) is 6.17. The number of hydrogen-bond donors (Lipinski definition) is 1. The molecule has 96 valence electrons. The number of aromatic nitrogens is 2. The van der Waals surface area contributed by atoms with E-state index in [1.165, 1.54) is 11.1 Å². The van der Waals surface area contributed by atoms with E-state index in [1.807, 2.05) is 10.9 Å². The SMILES string of the molecule is Cc1cnn(CCNC(C)Cc2ccccc2)c1. The first kappa shape index (κ1) is 12.8. The summed E-state index contributed by atoms with van der Waals surface area (Å²) in [7, 11) is 0. The number of rotatable bonds is 6. The molecule has 1 unspecified atom stereocenters. The molecule has 3 nitrogen and oxygen atoms in total. The largest absolute Gasteiger partial charge is 0.312 e. The lowest BCUT2D eigenvalue weighted by Crippen LogP contribution is -2.31. The van der Waals surface area contributed by atoms with Crippen LogP contribution in [0.3, 0.4) is 0 Å². The Morgan fingerprint density at radius 3 is 2.72 bits per heavy atom. The van der Waals surface area contributed by atoms with Crippen molar-refractivity contribution in [2.45, 2.75) is 32.9 Å². The highest BCUT2D eigenvalue weighted by atomic mass is 15.3.